The van der Waals surface area contributed by atoms with Gasteiger partial charge in [-0.25, -0.2) is 0 Å². The number of piperazine rings is 1. The molecule has 0 aliphatic carbocycles. The molecule has 1 saturated heterocycles. The Balaban J connectivity index is 1.39. The predicted molar refractivity (Wildman–Crippen MR) is 102 cm³/mol. The lowest BCUT2D eigenvalue weighted by Gasteiger charge is -2.34. The van der Waals surface area contributed by atoms with Crippen LogP contribution in [-0.2, 0) is 6.54 Å². The molecular formula is C20H26ClN3O. The zero-order valence-corrected chi connectivity index (χ0v) is 15.8. The lowest BCUT2D eigenvalue weighted by molar-refractivity contribution is 0.111. The highest BCUT2D eigenvalue weighted by molar-refractivity contribution is 6.30. The molecule has 3 rings (SSSR count). The summed E-state index contributed by atoms with van der Waals surface area (Å²) in [5.41, 5.74) is 3.34. The average molecular weight is 360 g/mol. The fraction of sp³-hybridized carbons (Fsp3) is 0.450. The summed E-state index contributed by atoms with van der Waals surface area (Å²) in [7, 11) is 0. The third-order valence-corrected chi connectivity index (χ3v) is 4.83. The minimum atomic E-state index is 0.710. The second-order valence-corrected chi connectivity index (χ2v) is 7.08. The summed E-state index contributed by atoms with van der Waals surface area (Å²) in [4.78, 5) is 9.54. The first-order valence-corrected chi connectivity index (χ1v) is 9.24. The fourth-order valence-corrected chi connectivity index (χ4v) is 3.37. The Hall–Kier alpha value is -1.62. The van der Waals surface area contributed by atoms with E-state index < -0.39 is 0 Å². The van der Waals surface area contributed by atoms with Crippen molar-refractivity contribution in [2.45, 2.75) is 20.4 Å². The van der Waals surface area contributed by atoms with Crippen LogP contribution in [0.5, 0.6) is 5.75 Å². The third kappa shape index (κ3) is 5.43. The minimum Gasteiger partial charge on any atom is -0.492 e. The van der Waals surface area contributed by atoms with Gasteiger partial charge >= 0.3 is 0 Å². The molecule has 1 aliphatic rings. The molecule has 1 aromatic carbocycles. The van der Waals surface area contributed by atoms with E-state index in [1.807, 2.05) is 38.1 Å². The maximum Gasteiger partial charge on any atom is 0.122 e. The smallest absolute Gasteiger partial charge is 0.122 e. The van der Waals surface area contributed by atoms with Gasteiger partial charge in [-0.15, -0.1) is 0 Å². The number of pyridine rings is 1. The molecule has 1 aliphatic heterocycles. The minimum absolute atomic E-state index is 0.710. The first-order chi connectivity index (χ1) is 12.1. The Kier molecular flexibility index (Phi) is 6.29. The van der Waals surface area contributed by atoms with E-state index in [0.717, 1.165) is 67.0 Å². The zero-order chi connectivity index (χ0) is 17.6. The molecule has 0 atom stereocenters. The highest BCUT2D eigenvalue weighted by Crippen LogP contribution is 2.21. The van der Waals surface area contributed by atoms with Crippen molar-refractivity contribution in [2.75, 3.05) is 39.3 Å². The summed E-state index contributed by atoms with van der Waals surface area (Å²) in [5.74, 6) is 0.925. The fourth-order valence-electron chi connectivity index (χ4n) is 3.15. The van der Waals surface area contributed by atoms with Crippen molar-refractivity contribution in [1.29, 1.82) is 0 Å². The van der Waals surface area contributed by atoms with E-state index in [4.69, 9.17) is 16.3 Å². The van der Waals surface area contributed by atoms with Crippen molar-refractivity contribution in [3.05, 3.63) is 58.4 Å². The molecule has 2 heterocycles. The number of hydrogen-bond acceptors (Lipinski definition) is 4. The van der Waals surface area contributed by atoms with Crippen LogP contribution in [0.1, 0.15) is 17.0 Å². The van der Waals surface area contributed by atoms with Gasteiger partial charge in [-0.1, -0.05) is 17.7 Å². The van der Waals surface area contributed by atoms with Crippen LogP contribution in [0.4, 0.5) is 0 Å². The summed E-state index contributed by atoms with van der Waals surface area (Å²) in [6, 6.07) is 12.0. The largest absolute Gasteiger partial charge is 0.492 e. The molecule has 134 valence electrons. The van der Waals surface area contributed by atoms with Crippen LogP contribution in [-0.4, -0.2) is 54.1 Å². The van der Waals surface area contributed by atoms with Crippen LogP contribution in [0.25, 0.3) is 0 Å². The highest BCUT2D eigenvalue weighted by atomic mass is 35.5. The van der Waals surface area contributed by atoms with Crippen molar-refractivity contribution in [1.82, 2.24) is 14.8 Å². The molecule has 0 N–H and O–H groups in total. The van der Waals surface area contributed by atoms with Crippen molar-refractivity contribution < 1.29 is 4.74 Å². The molecule has 1 fully saturated rings. The van der Waals surface area contributed by atoms with Crippen molar-refractivity contribution >= 4 is 11.6 Å². The van der Waals surface area contributed by atoms with E-state index in [0.29, 0.717) is 6.61 Å². The second kappa shape index (κ2) is 8.65. The molecule has 5 heteroatoms. The molecule has 0 saturated carbocycles. The van der Waals surface area contributed by atoms with E-state index in [2.05, 4.69) is 26.9 Å². The Morgan fingerprint density at radius 3 is 2.52 bits per heavy atom. The lowest BCUT2D eigenvalue weighted by Crippen LogP contribution is -2.47. The number of hydrogen-bond donors (Lipinski definition) is 0. The van der Waals surface area contributed by atoms with E-state index in [1.165, 1.54) is 0 Å². The molecule has 0 bridgehead atoms. The number of ether oxygens (including phenoxy) is 1. The summed E-state index contributed by atoms with van der Waals surface area (Å²) in [5, 5.41) is 0.754. The molecular weight excluding hydrogens is 334 g/mol. The third-order valence-electron chi connectivity index (χ3n) is 4.60. The van der Waals surface area contributed by atoms with Gasteiger partial charge in [0.2, 0.25) is 0 Å². The summed E-state index contributed by atoms with van der Waals surface area (Å²) in [6.45, 7) is 11.0. The Labute approximate surface area is 155 Å². The van der Waals surface area contributed by atoms with E-state index >= 15 is 0 Å². The molecule has 1 aromatic heterocycles. The highest BCUT2D eigenvalue weighted by Gasteiger charge is 2.17. The molecule has 2 aromatic rings. The molecule has 0 radical (unpaired) electrons. The number of benzene rings is 1. The molecule has 0 amide bonds. The molecule has 25 heavy (non-hydrogen) atoms. The summed E-state index contributed by atoms with van der Waals surface area (Å²) >= 11 is 5.98. The van der Waals surface area contributed by atoms with E-state index in [-0.39, 0.29) is 0 Å². The summed E-state index contributed by atoms with van der Waals surface area (Å²) in [6.07, 6.45) is 0. The van der Waals surface area contributed by atoms with Crippen LogP contribution < -0.4 is 4.74 Å². The number of aromatic nitrogens is 1. The number of aryl methyl sites for hydroxylation is 2. The monoisotopic (exact) mass is 359 g/mol. The average Bonchev–Trinajstić information content (AvgIpc) is 2.58. The van der Waals surface area contributed by atoms with Gasteiger partial charge in [-0.2, -0.15) is 0 Å². The van der Waals surface area contributed by atoms with Gasteiger partial charge in [0.05, 0.1) is 5.69 Å². The van der Waals surface area contributed by atoms with Crippen LogP contribution in [0.2, 0.25) is 5.02 Å². The molecule has 0 spiro atoms. The summed E-state index contributed by atoms with van der Waals surface area (Å²) < 4.78 is 5.91. The molecule has 4 nitrogen and oxygen atoms in total. The standard InChI is InChI=1S/C20H26ClN3O/c1-16-14-18(21)6-7-20(16)25-13-12-23-8-10-24(11-9-23)15-19-5-3-4-17(2)22-19/h3-7,14H,8-13,15H2,1-2H3. The van der Waals surface area contributed by atoms with Gasteiger partial charge in [0.15, 0.2) is 0 Å². The van der Waals surface area contributed by atoms with Crippen LogP contribution >= 0.6 is 11.6 Å². The molecule has 0 unspecified atom stereocenters. The van der Waals surface area contributed by atoms with Gasteiger partial charge in [-0.3, -0.25) is 14.8 Å². The first-order valence-electron chi connectivity index (χ1n) is 8.86. The Bertz CT molecular complexity index is 699. The second-order valence-electron chi connectivity index (χ2n) is 6.65. The van der Waals surface area contributed by atoms with Gasteiger partial charge in [0.25, 0.3) is 0 Å². The van der Waals surface area contributed by atoms with Crippen molar-refractivity contribution in [3.8, 4) is 5.75 Å². The Morgan fingerprint density at radius 1 is 1.04 bits per heavy atom. The van der Waals surface area contributed by atoms with Crippen LogP contribution in [0.3, 0.4) is 0 Å². The Morgan fingerprint density at radius 2 is 1.80 bits per heavy atom. The predicted octanol–water partition coefficient (Wildman–Crippen LogP) is 3.55. The van der Waals surface area contributed by atoms with Gasteiger partial charge < -0.3 is 4.74 Å². The SMILES string of the molecule is Cc1cccc(CN2CCN(CCOc3ccc(Cl)cc3C)CC2)n1. The lowest BCUT2D eigenvalue weighted by atomic mass is 10.2. The number of rotatable bonds is 6. The van der Waals surface area contributed by atoms with Crippen LogP contribution in [0, 0.1) is 13.8 Å². The number of halogens is 1. The quantitative estimate of drug-likeness (QED) is 0.788. The van der Waals surface area contributed by atoms with Gasteiger partial charge in [0.1, 0.15) is 12.4 Å². The first kappa shape index (κ1) is 18.2. The van der Waals surface area contributed by atoms with Crippen LogP contribution in [0.15, 0.2) is 36.4 Å². The topological polar surface area (TPSA) is 28.6 Å². The zero-order valence-electron chi connectivity index (χ0n) is 15.0. The van der Waals surface area contributed by atoms with E-state index in [1.54, 1.807) is 0 Å². The normalized spacial score (nSPS) is 16.1. The van der Waals surface area contributed by atoms with Crippen molar-refractivity contribution in [2.24, 2.45) is 0 Å². The van der Waals surface area contributed by atoms with Gasteiger partial charge in [-0.05, 0) is 49.7 Å². The maximum absolute atomic E-state index is 5.98. The number of nitrogens with zero attached hydrogens (tertiary/aromatic N) is 3. The maximum atomic E-state index is 5.98. The van der Waals surface area contributed by atoms with Crippen molar-refractivity contribution in [3.63, 3.8) is 0 Å². The van der Waals surface area contributed by atoms with Gasteiger partial charge in [0, 0.05) is 50.0 Å². The van der Waals surface area contributed by atoms with E-state index in [9.17, 15) is 0 Å².